The maximum Gasteiger partial charge on any atom is 0.0480 e. The number of hydrogen-bond acceptors (Lipinski definition) is 3. The Bertz CT molecular complexity index is 825. The highest BCUT2D eigenvalue weighted by Gasteiger charge is 2.36. The molecule has 3 aromatic heterocycles. The maximum atomic E-state index is 2.47. The van der Waals surface area contributed by atoms with Gasteiger partial charge in [-0.25, -0.2) is 0 Å². The summed E-state index contributed by atoms with van der Waals surface area (Å²) in [5, 5.41) is 2.47. The predicted molar refractivity (Wildman–Crippen MR) is 99.6 cm³/mol. The van der Waals surface area contributed by atoms with E-state index in [2.05, 4.69) is 36.6 Å². The standard InChI is InChI=1S/C19H18S3/c1-11-2-7-15(21-11)16-8-9-17(22-16)19-18-13-5-3-12(4-6-13)14(18)10-20-19/h2,7-10,12-13H,3-6H2,1H3. The van der Waals surface area contributed by atoms with E-state index in [0.717, 1.165) is 11.8 Å². The summed E-state index contributed by atoms with van der Waals surface area (Å²) in [5.41, 5.74) is 3.42. The van der Waals surface area contributed by atoms with Crippen LogP contribution in [0.25, 0.3) is 19.5 Å². The van der Waals surface area contributed by atoms with Crippen molar-refractivity contribution in [3.8, 4) is 19.5 Å². The highest BCUT2D eigenvalue weighted by molar-refractivity contribution is 7.26. The van der Waals surface area contributed by atoms with Gasteiger partial charge in [-0.2, -0.15) is 0 Å². The molecule has 0 nitrogen and oxygen atoms in total. The van der Waals surface area contributed by atoms with Crippen molar-refractivity contribution in [2.24, 2.45) is 0 Å². The van der Waals surface area contributed by atoms with Crippen molar-refractivity contribution >= 4 is 34.0 Å². The minimum absolute atomic E-state index is 0.843. The lowest BCUT2D eigenvalue weighted by atomic mass is 9.68. The Kier molecular flexibility index (Phi) is 3.11. The minimum atomic E-state index is 0.843. The summed E-state index contributed by atoms with van der Waals surface area (Å²) in [5.74, 6) is 1.71. The van der Waals surface area contributed by atoms with Crippen molar-refractivity contribution in [3.63, 3.8) is 0 Å². The zero-order valence-electron chi connectivity index (χ0n) is 12.6. The number of thiophene rings is 3. The van der Waals surface area contributed by atoms with Crippen molar-refractivity contribution in [2.75, 3.05) is 0 Å². The molecule has 3 aromatic rings. The van der Waals surface area contributed by atoms with Crippen LogP contribution in [0.4, 0.5) is 0 Å². The van der Waals surface area contributed by atoms with Gasteiger partial charge in [-0.05, 0) is 85.2 Å². The number of rotatable bonds is 2. The Morgan fingerprint density at radius 3 is 2.27 bits per heavy atom. The molecule has 0 atom stereocenters. The molecular weight excluding hydrogens is 324 g/mol. The van der Waals surface area contributed by atoms with Gasteiger partial charge >= 0.3 is 0 Å². The summed E-state index contributed by atoms with van der Waals surface area (Å²) in [6.45, 7) is 2.19. The van der Waals surface area contributed by atoms with Gasteiger partial charge in [0.2, 0.25) is 0 Å². The Labute approximate surface area is 143 Å². The lowest BCUT2D eigenvalue weighted by Gasteiger charge is -2.36. The first-order chi connectivity index (χ1) is 10.8. The fourth-order valence-corrected chi connectivity index (χ4v) is 7.51. The van der Waals surface area contributed by atoms with E-state index in [-0.39, 0.29) is 0 Å². The average molecular weight is 343 g/mol. The molecule has 0 amide bonds. The summed E-state index contributed by atoms with van der Waals surface area (Å²) in [4.78, 5) is 7.31. The quantitative estimate of drug-likeness (QED) is 0.459. The third-order valence-corrected chi connectivity index (χ3v) is 8.72. The van der Waals surface area contributed by atoms with E-state index >= 15 is 0 Å². The number of hydrogen-bond donors (Lipinski definition) is 0. The van der Waals surface area contributed by atoms with Crippen LogP contribution in [0.2, 0.25) is 0 Å². The van der Waals surface area contributed by atoms with Gasteiger partial charge in [-0.3, -0.25) is 0 Å². The molecule has 0 saturated heterocycles. The third kappa shape index (κ3) is 1.99. The molecule has 2 bridgehead atoms. The van der Waals surface area contributed by atoms with E-state index in [1.807, 2.05) is 34.0 Å². The molecule has 0 aliphatic heterocycles. The minimum Gasteiger partial charge on any atom is -0.142 e. The largest absolute Gasteiger partial charge is 0.142 e. The molecule has 3 aliphatic rings. The second-order valence-electron chi connectivity index (χ2n) is 6.56. The van der Waals surface area contributed by atoms with Crippen LogP contribution in [-0.2, 0) is 0 Å². The first kappa shape index (κ1) is 13.5. The topological polar surface area (TPSA) is 0 Å². The molecule has 112 valence electrons. The van der Waals surface area contributed by atoms with Crippen molar-refractivity contribution in [2.45, 2.75) is 44.4 Å². The van der Waals surface area contributed by atoms with Crippen LogP contribution in [0.1, 0.15) is 53.5 Å². The zero-order chi connectivity index (χ0) is 14.7. The second kappa shape index (κ2) is 5.05. The summed E-state index contributed by atoms with van der Waals surface area (Å²) in [6, 6.07) is 9.16. The highest BCUT2D eigenvalue weighted by Crippen LogP contribution is 2.55. The van der Waals surface area contributed by atoms with Crippen molar-refractivity contribution < 1.29 is 0 Å². The van der Waals surface area contributed by atoms with Gasteiger partial charge in [0.05, 0.1) is 0 Å². The molecule has 3 heterocycles. The van der Waals surface area contributed by atoms with Crippen LogP contribution in [-0.4, -0.2) is 0 Å². The molecule has 3 aliphatic carbocycles. The van der Waals surface area contributed by atoms with Crippen LogP contribution in [0.15, 0.2) is 29.6 Å². The van der Waals surface area contributed by atoms with Gasteiger partial charge < -0.3 is 0 Å². The second-order valence-corrected chi connectivity index (χ2v) is 9.81. The normalized spacial score (nSPS) is 23.0. The first-order valence-electron chi connectivity index (χ1n) is 8.08. The predicted octanol–water partition coefficient (Wildman–Crippen LogP) is 7.27. The summed E-state index contributed by atoms with van der Waals surface area (Å²) < 4.78 is 0. The number of aryl methyl sites for hydroxylation is 1. The summed E-state index contributed by atoms with van der Waals surface area (Å²) in [7, 11) is 0. The zero-order valence-corrected chi connectivity index (χ0v) is 15.0. The van der Waals surface area contributed by atoms with Crippen LogP contribution in [0.3, 0.4) is 0 Å². The van der Waals surface area contributed by atoms with Crippen LogP contribution < -0.4 is 0 Å². The molecule has 0 N–H and O–H groups in total. The van der Waals surface area contributed by atoms with Crippen molar-refractivity contribution in [3.05, 3.63) is 45.6 Å². The molecule has 6 rings (SSSR count). The van der Waals surface area contributed by atoms with E-state index in [1.54, 1.807) is 16.0 Å². The van der Waals surface area contributed by atoms with E-state index in [0.29, 0.717) is 0 Å². The van der Waals surface area contributed by atoms with Gasteiger partial charge in [0.1, 0.15) is 0 Å². The summed E-state index contributed by atoms with van der Waals surface area (Å²) in [6.07, 6.45) is 5.70. The molecule has 1 fully saturated rings. The lowest BCUT2D eigenvalue weighted by molar-refractivity contribution is 0.361. The average Bonchev–Trinajstić information content (AvgIpc) is 3.26. The monoisotopic (exact) mass is 342 g/mol. The van der Waals surface area contributed by atoms with Crippen molar-refractivity contribution in [1.29, 1.82) is 0 Å². The van der Waals surface area contributed by atoms with Gasteiger partial charge in [0.15, 0.2) is 0 Å². The van der Waals surface area contributed by atoms with Gasteiger partial charge in [0, 0.05) is 24.4 Å². The molecule has 0 radical (unpaired) electrons. The first-order valence-corrected chi connectivity index (χ1v) is 10.6. The van der Waals surface area contributed by atoms with Gasteiger partial charge in [-0.1, -0.05) is 0 Å². The van der Waals surface area contributed by atoms with Crippen LogP contribution in [0.5, 0.6) is 0 Å². The molecule has 0 aromatic carbocycles. The lowest BCUT2D eigenvalue weighted by Crippen LogP contribution is -2.20. The Hall–Kier alpha value is -0.900. The van der Waals surface area contributed by atoms with E-state index in [4.69, 9.17) is 0 Å². The smallest absolute Gasteiger partial charge is 0.0480 e. The molecule has 0 spiro atoms. The van der Waals surface area contributed by atoms with E-state index in [1.165, 1.54) is 45.2 Å². The Morgan fingerprint density at radius 1 is 0.818 bits per heavy atom. The fourth-order valence-electron chi connectivity index (χ4n) is 4.16. The number of fused-ring (bicyclic) bond motifs is 2. The van der Waals surface area contributed by atoms with E-state index in [9.17, 15) is 0 Å². The van der Waals surface area contributed by atoms with Crippen molar-refractivity contribution in [1.82, 2.24) is 0 Å². The highest BCUT2D eigenvalue weighted by atomic mass is 32.1. The Balaban J connectivity index is 1.58. The molecule has 3 heteroatoms. The third-order valence-electron chi connectivity index (χ3n) is 5.25. The van der Waals surface area contributed by atoms with Gasteiger partial charge in [0.25, 0.3) is 0 Å². The SMILES string of the molecule is Cc1ccc(-c2ccc(-c3scc4c3C3CCC4CC3)s2)s1. The van der Waals surface area contributed by atoms with E-state index < -0.39 is 0 Å². The molecule has 1 saturated carbocycles. The van der Waals surface area contributed by atoms with Crippen LogP contribution >= 0.6 is 34.0 Å². The fraction of sp³-hybridized carbons (Fsp3) is 0.368. The molecular formula is C19H18S3. The molecule has 0 unspecified atom stereocenters. The Morgan fingerprint density at radius 2 is 1.50 bits per heavy atom. The maximum absolute atomic E-state index is 2.47. The summed E-state index contributed by atoms with van der Waals surface area (Å²) >= 11 is 5.88. The molecule has 22 heavy (non-hydrogen) atoms. The van der Waals surface area contributed by atoms with Crippen LogP contribution in [0, 0.1) is 6.92 Å². The van der Waals surface area contributed by atoms with Gasteiger partial charge in [-0.15, -0.1) is 34.0 Å².